The Kier molecular flexibility index (Phi) is 5.02. The van der Waals surface area contributed by atoms with Crippen molar-refractivity contribution in [3.63, 3.8) is 0 Å². The van der Waals surface area contributed by atoms with Crippen molar-refractivity contribution in [1.29, 1.82) is 0 Å². The van der Waals surface area contributed by atoms with Gasteiger partial charge in [-0.05, 0) is 19.1 Å². The van der Waals surface area contributed by atoms with Crippen LogP contribution in [0.1, 0.15) is 6.92 Å². The number of amides is 1. The summed E-state index contributed by atoms with van der Waals surface area (Å²) >= 11 is 0. The molecular formula is C16H23N3O3. The molecule has 2 aliphatic rings. The van der Waals surface area contributed by atoms with Gasteiger partial charge >= 0.3 is 0 Å². The predicted molar refractivity (Wildman–Crippen MR) is 82.5 cm³/mol. The van der Waals surface area contributed by atoms with E-state index in [0.29, 0.717) is 6.61 Å². The molecular weight excluding hydrogens is 282 g/mol. The number of carbonyl (C=O) groups is 1. The number of hydrogen-bond acceptors (Lipinski definition) is 5. The molecule has 0 radical (unpaired) electrons. The molecule has 1 N–H and O–H groups in total. The molecule has 0 bridgehead atoms. The molecule has 0 spiro atoms. The third-order valence-electron chi connectivity index (χ3n) is 4.41. The van der Waals surface area contributed by atoms with E-state index >= 15 is 0 Å². The third kappa shape index (κ3) is 3.45. The van der Waals surface area contributed by atoms with Gasteiger partial charge in [0.25, 0.3) is 0 Å². The molecule has 3 rings (SSSR count). The number of carbonyl (C=O) groups excluding carboxylic acids is 1. The molecule has 2 aliphatic heterocycles. The minimum absolute atomic E-state index is 0.0344. The summed E-state index contributed by atoms with van der Waals surface area (Å²) in [6.07, 6.45) is 3.53. The van der Waals surface area contributed by atoms with E-state index in [4.69, 9.17) is 9.47 Å². The second-order valence-corrected chi connectivity index (χ2v) is 5.83. The maximum atomic E-state index is 12.5. The van der Waals surface area contributed by atoms with Gasteiger partial charge < -0.3 is 14.8 Å². The van der Waals surface area contributed by atoms with Crippen molar-refractivity contribution in [1.82, 2.24) is 9.88 Å². The third-order valence-corrected chi connectivity index (χ3v) is 4.41. The SMILES string of the molecule is CCOCCN1C[C@@H]2[C@@H](C(=O)Nc3cccnc3)CO[C@@H]2C1. The Bertz CT molecular complexity index is 497. The summed E-state index contributed by atoms with van der Waals surface area (Å²) in [7, 11) is 0. The number of ether oxygens (including phenoxy) is 2. The van der Waals surface area contributed by atoms with Crippen LogP contribution in [0.5, 0.6) is 0 Å². The number of nitrogens with zero attached hydrogens (tertiary/aromatic N) is 2. The van der Waals surface area contributed by atoms with Gasteiger partial charge in [0.1, 0.15) is 0 Å². The van der Waals surface area contributed by atoms with Crippen LogP contribution in [-0.4, -0.2) is 61.3 Å². The van der Waals surface area contributed by atoms with E-state index in [2.05, 4.69) is 15.2 Å². The van der Waals surface area contributed by atoms with E-state index in [-0.39, 0.29) is 23.8 Å². The lowest BCUT2D eigenvalue weighted by Gasteiger charge is -2.19. The lowest BCUT2D eigenvalue weighted by atomic mass is 9.92. The van der Waals surface area contributed by atoms with Crippen LogP contribution in [0.15, 0.2) is 24.5 Å². The minimum Gasteiger partial charge on any atom is -0.380 e. The van der Waals surface area contributed by atoms with Crippen molar-refractivity contribution in [2.75, 3.05) is 44.8 Å². The number of likely N-dealkylation sites (tertiary alicyclic amines) is 1. The van der Waals surface area contributed by atoms with Gasteiger partial charge in [0.15, 0.2) is 0 Å². The molecule has 0 aromatic carbocycles. The molecule has 1 aromatic rings. The summed E-state index contributed by atoms with van der Waals surface area (Å²) in [5, 5.41) is 2.94. The van der Waals surface area contributed by atoms with Gasteiger partial charge in [-0.15, -0.1) is 0 Å². The standard InChI is InChI=1S/C16H23N3O3/c1-2-21-7-6-19-9-13-14(11-22-15(13)10-19)16(20)18-12-4-3-5-17-8-12/h3-5,8,13-15H,2,6-7,9-11H2,1H3,(H,18,20)/t13-,14+,15-/m1/s1. The Morgan fingerprint density at radius 1 is 1.55 bits per heavy atom. The second kappa shape index (κ2) is 7.17. The Labute approximate surface area is 130 Å². The molecule has 0 aliphatic carbocycles. The van der Waals surface area contributed by atoms with E-state index in [1.807, 2.05) is 19.1 Å². The molecule has 2 saturated heterocycles. The Hall–Kier alpha value is -1.50. The molecule has 6 heteroatoms. The minimum atomic E-state index is -0.0812. The van der Waals surface area contributed by atoms with Crippen LogP contribution in [0.2, 0.25) is 0 Å². The van der Waals surface area contributed by atoms with E-state index in [1.165, 1.54) is 0 Å². The Morgan fingerprint density at radius 2 is 2.45 bits per heavy atom. The van der Waals surface area contributed by atoms with E-state index in [0.717, 1.165) is 38.5 Å². The zero-order chi connectivity index (χ0) is 15.4. The van der Waals surface area contributed by atoms with Gasteiger partial charge in [-0.2, -0.15) is 0 Å². The summed E-state index contributed by atoms with van der Waals surface area (Å²) in [6, 6.07) is 3.66. The van der Waals surface area contributed by atoms with Gasteiger partial charge in [-0.1, -0.05) is 0 Å². The average molecular weight is 305 g/mol. The van der Waals surface area contributed by atoms with Crippen molar-refractivity contribution in [2.24, 2.45) is 11.8 Å². The first-order chi connectivity index (χ1) is 10.8. The average Bonchev–Trinajstić information content (AvgIpc) is 3.08. The fourth-order valence-electron chi connectivity index (χ4n) is 3.26. The Balaban J connectivity index is 1.54. The van der Waals surface area contributed by atoms with E-state index < -0.39 is 0 Å². The van der Waals surface area contributed by atoms with Crippen LogP contribution >= 0.6 is 0 Å². The highest BCUT2D eigenvalue weighted by Gasteiger charge is 2.46. The topological polar surface area (TPSA) is 63.7 Å². The number of fused-ring (bicyclic) bond motifs is 1. The van der Waals surface area contributed by atoms with Crippen molar-refractivity contribution in [3.05, 3.63) is 24.5 Å². The van der Waals surface area contributed by atoms with Crippen molar-refractivity contribution < 1.29 is 14.3 Å². The lowest BCUT2D eigenvalue weighted by Crippen LogP contribution is -2.32. The molecule has 6 nitrogen and oxygen atoms in total. The van der Waals surface area contributed by atoms with Crippen LogP contribution in [-0.2, 0) is 14.3 Å². The van der Waals surface area contributed by atoms with Crippen molar-refractivity contribution >= 4 is 11.6 Å². The zero-order valence-electron chi connectivity index (χ0n) is 12.9. The van der Waals surface area contributed by atoms with Crippen LogP contribution in [0, 0.1) is 11.8 Å². The van der Waals surface area contributed by atoms with Gasteiger partial charge in [0, 0.05) is 38.4 Å². The van der Waals surface area contributed by atoms with E-state index in [1.54, 1.807) is 12.4 Å². The first-order valence-electron chi connectivity index (χ1n) is 7.90. The maximum Gasteiger partial charge on any atom is 0.230 e. The zero-order valence-corrected chi connectivity index (χ0v) is 12.9. The van der Waals surface area contributed by atoms with Crippen LogP contribution < -0.4 is 5.32 Å². The normalized spacial score (nSPS) is 27.8. The first kappa shape index (κ1) is 15.4. The molecule has 1 aromatic heterocycles. The molecule has 120 valence electrons. The summed E-state index contributed by atoms with van der Waals surface area (Å²) in [5.41, 5.74) is 0.738. The molecule has 3 atom stereocenters. The van der Waals surface area contributed by atoms with Crippen molar-refractivity contribution in [3.8, 4) is 0 Å². The van der Waals surface area contributed by atoms with Gasteiger partial charge in [0.05, 0.1) is 37.1 Å². The molecule has 2 fully saturated rings. The van der Waals surface area contributed by atoms with Crippen LogP contribution in [0.25, 0.3) is 0 Å². The quantitative estimate of drug-likeness (QED) is 0.795. The Morgan fingerprint density at radius 3 is 3.23 bits per heavy atom. The van der Waals surface area contributed by atoms with Crippen molar-refractivity contribution in [2.45, 2.75) is 13.0 Å². The molecule has 0 unspecified atom stereocenters. The van der Waals surface area contributed by atoms with Gasteiger partial charge in [-0.25, -0.2) is 0 Å². The summed E-state index contributed by atoms with van der Waals surface area (Å²) in [4.78, 5) is 18.8. The van der Waals surface area contributed by atoms with Crippen LogP contribution in [0.4, 0.5) is 5.69 Å². The number of aromatic nitrogens is 1. The fourth-order valence-corrected chi connectivity index (χ4v) is 3.26. The van der Waals surface area contributed by atoms with Gasteiger partial charge in [-0.3, -0.25) is 14.7 Å². The monoisotopic (exact) mass is 305 g/mol. The summed E-state index contributed by atoms with van der Waals surface area (Å²) in [5.74, 6) is 0.229. The number of rotatable bonds is 6. The highest BCUT2D eigenvalue weighted by molar-refractivity contribution is 5.92. The predicted octanol–water partition coefficient (Wildman–Crippen LogP) is 1.00. The number of pyridine rings is 1. The first-order valence-corrected chi connectivity index (χ1v) is 7.90. The maximum absolute atomic E-state index is 12.5. The van der Waals surface area contributed by atoms with Crippen LogP contribution in [0.3, 0.4) is 0 Å². The fraction of sp³-hybridized carbons (Fsp3) is 0.625. The lowest BCUT2D eigenvalue weighted by molar-refractivity contribution is -0.120. The molecule has 0 saturated carbocycles. The molecule has 22 heavy (non-hydrogen) atoms. The van der Waals surface area contributed by atoms with Gasteiger partial charge in [0.2, 0.25) is 5.91 Å². The molecule has 1 amide bonds. The number of hydrogen-bond donors (Lipinski definition) is 1. The second-order valence-electron chi connectivity index (χ2n) is 5.83. The summed E-state index contributed by atoms with van der Waals surface area (Å²) in [6.45, 7) is 6.70. The number of anilines is 1. The van der Waals surface area contributed by atoms with E-state index in [9.17, 15) is 4.79 Å². The number of nitrogens with one attached hydrogen (secondary N) is 1. The smallest absolute Gasteiger partial charge is 0.230 e. The summed E-state index contributed by atoms with van der Waals surface area (Å²) < 4.78 is 11.2. The largest absolute Gasteiger partial charge is 0.380 e. The highest BCUT2D eigenvalue weighted by Crippen LogP contribution is 2.34. The molecule has 3 heterocycles. The highest BCUT2D eigenvalue weighted by atomic mass is 16.5.